The molecule has 7 rings (SSSR count). The lowest BCUT2D eigenvalue weighted by atomic mass is 9.88. The number of aromatic amines is 1. The van der Waals surface area contributed by atoms with Crippen molar-refractivity contribution in [3.63, 3.8) is 0 Å². The van der Waals surface area contributed by atoms with Crippen molar-refractivity contribution in [3.05, 3.63) is 105 Å². The molecule has 40 heavy (non-hydrogen) atoms. The lowest BCUT2D eigenvalue weighted by Crippen LogP contribution is -2.41. The fourth-order valence-electron chi connectivity index (χ4n) is 6.30. The Kier molecular flexibility index (Phi) is 6.15. The van der Waals surface area contributed by atoms with Gasteiger partial charge in [0.1, 0.15) is 5.82 Å². The number of amides is 1. The molecule has 5 heterocycles. The maximum Gasteiger partial charge on any atom is 0.294 e. The normalized spacial score (nSPS) is 17.8. The number of pyridine rings is 1. The molecule has 9 nitrogen and oxygen atoms in total. The Morgan fingerprint density at radius 3 is 2.70 bits per heavy atom. The number of aryl methyl sites for hydroxylation is 1. The standard InChI is InChI=1S/C31H30N6O3/c1-19-16-25-27(37-28(22-9-14-40-15-10-22)34-35-29(37)30(38)33-25)18-24(19)31(39)36-13-8-21-4-2-3-5-23(21)26(36)17-20-6-11-32-12-7-20/h2-7,11-12,16,18,22,26H,8-10,13-15,17H2,1H3,(H,33,38). The first kappa shape index (κ1) is 24.7. The molecule has 9 heteroatoms. The van der Waals surface area contributed by atoms with Crippen molar-refractivity contribution in [2.45, 2.75) is 44.6 Å². The van der Waals surface area contributed by atoms with Crippen molar-refractivity contribution in [2.24, 2.45) is 0 Å². The second kappa shape index (κ2) is 9.98. The van der Waals surface area contributed by atoms with E-state index in [9.17, 15) is 9.59 Å². The van der Waals surface area contributed by atoms with E-state index in [4.69, 9.17) is 4.74 Å². The van der Waals surface area contributed by atoms with E-state index in [2.05, 4.69) is 38.4 Å². The van der Waals surface area contributed by atoms with Crippen molar-refractivity contribution in [3.8, 4) is 0 Å². The highest BCUT2D eigenvalue weighted by molar-refractivity contribution is 5.99. The third kappa shape index (κ3) is 4.17. The molecule has 1 N–H and O–H groups in total. The van der Waals surface area contributed by atoms with Crippen LogP contribution in [0, 0.1) is 6.92 Å². The summed E-state index contributed by atoms with van der Waals surface area (Å²) in [5.41, 5.74) is 6.39. The Morgan fingerprint density at radius 1 is 1.07 bits per heavy atom. The molecular weight excluding hydrogens is 504 g/mol. The van der Waals surface area contributed by atoms with E-state index in [1.54, 1.807) is 12.4 Å². The van der Waals surface area contributed by atoms with Crippen LogP contribution >= 0.6 is 0 Å². The molecule has 2 aliphatic rings. The molecule has 0 radical (unpaired) electrons. The number of H-pyrrole nitrogens is 1. The quantitative estimate of drug-likeness (QED) is 0.371. The highest BCUT2D eigenvalue weighted by atomic mass is 16.5. The number of ether oxygens (including phenoxy) is 1. The van der Waals surface area contributed by atoms with Crippen LogP contribution in [-0.4, -0.2) is 55.1 Å². The maximum absolute atomic E-state index is 14.4. The minimum atomic E-state index is -0.290. The molecule has 0 saturated carbocycles. The third-order valence-corrected chi connectivity index (χ3v) is 8.39. The van der Waals surface area contributed by atoms with E-state index in [1.807, 2.05) is 46.6 Å². The molecule has 5 aromatic rings. The SMILES string of the molecule is Cc1cc2[nH]c(=O)c3nnc(C4CCOCC4)n3c2cc1C(=O)N1CCc2ccccc2C1Cc1ccncc1. The zero-order valence-corrected chi connectivity index (χ0v) is 22.3. The number of aromatic nitrogens is 5. The van der Waals surface area contributed by atoms with Crippen LogP contribution in [0.2, 0.25) is 0 Å². The summed E-state index contributed by atoms with van der Waals surface area (Å²) in [4.78, 5) is 36.4. The number of benzene rings is 2. The lowest BCUT2D eigenvalue weighted by molar-refractivity contribution is 0.0659. The van der Waals surface area contributed by atoms with E-state index in [0.717, 1.165) is 41.7 Å². The van der Waals surface area contributed by atoms with Gasteiger partial charge in [-0.2, -0.15) is 0 Å². The van der Waals surface area contributed by atoms with E-state index < -0.39 is 0 Å². The number of carbonyl (C=O) groups is 1. The molecule has 202 valence electrons. The number of rotatable bonds is 4. The van der Waals surface area contributed by atoms with Crippen LogP contribution in [0.1, 0.15) is 63.2 Å². The van der Waals surface area contributed by atoms with Crippen LogP contribution < -0.4 is 5.56 Å². The number of fused-ring (bicyclic) bond motifs is 4. The molecule has 2 aromatic carbocycles. The van der Waals surface area contributed by atoms with Gasteiger partial charge in [-0.25, -0.2) is 0 Å². The zero-order valence-electron chi connectivity index (χ0n) is 22.3. The van der Waals surface area contributed by atoms with Gasteiger partial charge in [0.15, 0.2) is 0 Å². The van der Waals surface area contributed by atoms with Gasteiger partial charge in [0.25, 0.3) is 11.5 Å². The van der Waals surface area contributed by atoms with E-state index in [1.165, 1.54) is 11.1 Å². The van der Waals surface area contributed by atoms with Crippen LogP contribution in [-0.2, 0) is 17.6 Å². The molecule has 0 aliphatic carbocycles. The Hall–Kier alpha value is -4.37. The monoisotopic (exact) mass is 534 g/mol. The molecule has 3 aromatic heterocycles. The van der Waals surface area contributed by atoms with E-state index in [0.29, 0.717) is 37.3 Å². The van der Waals surface area contributed by atoms with Crippen molar-refractivity contribution in [1.82, 2.24) is 29.5 Å². The molecule has 2 aliphatic heterocycles. The van der Waals surface area contributed by atoms with Crippen LogP contribution in [0.25, 0.3) is 16.7 Å². The van der Waals surface area contributed by atoms with E-state index >= 15 is 0 Å². The van der Waals surface area contributed by atoms with Gasteiger partial charge in [-0.3, -0.25) is 19.0 Å². The molecule has 0 spiro atoms. The topological polar surface area (TPSA) is 105 Å². The predicted octanol–water partition coefficient (Wildman–Crippen LogP) is 4.15. The Morgan fingerprint density at radius 2 is 1.88 bits per heavy atom. The van der Waals surface area contributed by atoms with Crippen molar-refractivity contribution in [1.29, 1.82) is 0 Å². The van der Waals surface area contributed by atoms with Gasteiger partial charge >= 0.3 is 0 Å². The molecule has 1 fully saturated rings. The number of nitrogens with zero attached hydrogens (tertiary/aromatic N) is 5. The summed E-state index contributed by atoms with van der Waals surface area (Å²) in [6, 6.07) is 16.1. The van der Waals surface area contributed by atoms with Crippen LogP contribution in [0.3, 0.4) is 0 Å². The predicted molar refractivity (Wildman–Crippen MR) is 151 cm³/mol. The lowest BCUT2D eigenvalue weighted by Gasteiger charge is -2.38. The smallest absolute Gasteiger partial charge is 0.294 e. The molecule has 1 saturated heterocycles. The Balaban J connectivity index is 1.34. The van der Waals surface area contributed by atoms with Crippen molar-refractivity contribution < 1.29 is 9.53 Å². The Bertz CT molecular complexity index is 1790. The van der Waals surface area contributed by atoms with Gasteiger partial charge < -0.3 is 14.6 Å². The average Bonchev–Trinajstić information content (AvgIpc) is 3.44. The number of hydrogen-bond acceptors (Lipinski definition) is 6. The minimum Gasteiger partial charge on any atom is -0.381 e. The molecule has 1 atom stereocenters. The summed E-state index contributed by atoms with van der Waals surface area (Å²) >= 11 is 0. The van der Waals surface area contributed by atoms with Crippen LogP contribution in [0.15, 0.2) is 65.7 Å². The fourth-order valence-corrected chi connectivity index (χ4v) is 6.30. The fraction of sp³-hybridized carbons (Fsp3) is 0.323. The molecule has 0 bridgehead atoms. The summed E-state index contributed by atoms with van der Waals surface area (Å²) in [6.07, 6.45) is 6.73. The number of hydrogen-bond donors (Lipinski definition) is 1. The van der Waals surface area contributed by atoms with Crippen molar-refractivity contribution >= 4 is 22.6 Å². The van der Waals surface area contributed by atoms with Gasteiger partial charge in [-0.15, -0.1) is 10.2 Å². The van der Waals surface area contributed by atoms with Crippen LogP contribution in [0.4, 0.5) is 0 Å². The highest BCUT2D eigenvalue weighted by Gasteiger charge is 2.32. The summed E-state index contributed by atoms with van der Waals surface area (Å²) in [5, 5.41) is 8.68. The molecule has 1 unspecified atom stereocenters. The molecule has 1 amide bonds. The molecular formula is C31H30N6O3. The average molecular weight is 535 g/mol. The second-order valence-corrected chi connectivity index (χ2v) is 10.8. The number of carbonyl (C=O) groups excluding carboxylic acids is 1. The van der Waals surface area contributed by atoms with Gasteiger partial charge in [-0.05, 0) is 79.1 Å². The summed E-state index contributed by atoms with van der Waals surface area (Å²) in [7, 11) is 0. The maximum atomic E-state index is 14.4. The summed E-state index contributed by atoms with van der Waals surface area (Å²) in [5.74, 6) is 0.865. The van der Waals surface area contributed by atoms with Crippen LogP contribution in [0.5, 0.6) is 0 Å². The Labute approximate surface area is 230 Å². The van der Waals surface area contributed by atoms with Crippen molar-refractivity contribution in [2.75, 3.05) is 19.8 Å². The van der Waals surface area contributed by atoms with Gasteiger partial charge in [0.2, 0.25) is 5.65 Å². The first-order valence-corrected chi connectivity index (χ1v) is 13.9. The highest BCUT2D eigenvalue weighted by Crippen LogP contribution is 2.35. The zero-order chi connectivity index (χ0) is 27.2. The first-order chi connectivity index (χ1) is 19.6. The van der Waals surface area contributed by atoms with Gasteiger partial charge in [-0.1, -0.05) is 24.3 Å². The minimum absolute atomic E-state index is 0.0204. The summed E-state index contributed by atoms with van der Waals surface area (Å²) < 4.78 is 7.40. The summed E-state index contributed by atoms with van der Waals surface area (Å²) in [6.45, 7) is 3.86. The first-order valence-electron chi connectivity index (χ1n) is 13.9. The van der Waals surface area contributed by atoms with Gasteiger partial charge in [0, 0.05) is 43.6 Å². The number of nitrogens with one attached hydrogen (secondary N) is 1. The largest absolute Gasteiger partial charge is 0.381 e. The third-order valence-electron chi connectivity index (χ3n) is 8.39. The second-order valence-electron chi connectivity index (χ2n) is 10.8. The van der Waals surface area contributed by atoms with E-state index in [-0.39, 0.29) is 29.1 Å². The van der Waals surface area contributed by atoms with Gasteiger partial charge in [0.05, 0.1) is 17.1 Å².